The van der Waals surface area contributed by atoms with E-state index < -0.39 is 0 Å². The Bertz CT molecular complexity index is 588. The van der Waals surface area contributed by atoms with Crippen molar-refractivity contribution >= 4 is 11.6 Å². The zero-order valence-corrected chi connectivity index (χ0v) is 14.3. The number of piperazine rings is 1. The Morgan fingerprint density at radius 3 is 2.71 bits per heavy atom. The van der Waals surface area contributed by atoms with Gasteiger partial charge in [-0.3, -0.25) is 4.79 Å². The van der Waals surface area contributed by atoms with Crippen molar-refractivity contribution in [3.05, 3.63) is 24.0 Å². The SMILES string of the molecule is COc1cc(F)ccc1N1CCN(C(=O)[C@H]2CCCO[C@H]2C)CC1. The van der Waals surface area contributed by atoms with Crippen LogP contribution in [0.15, 0.2) is 18.2 Å². The Labute approximate surface area is 142 Å². The summed E-state index contributed by atoms with van der Waals surface area (Å²) in [5.74, 6) is 0.401. The van der Waals surface area contributed by atoms with Gasteiger partial charge in [0.2, 0.25) is 5.91 Å². The highest BCUT2D eigenvalue weighted by atomic mass is 19.1. The van der Waals surface area contributed by atoms with Gasteiger partial charge in [-0.1, -0.05) is 0 Å². The van der Waals surface area contributed by atoms with Crippen molar-refractivity contribution in [2.24, 2.45) is 5.92 Å². The lowest BCUT2D eigenvalue weighted by molar-refractivity contribution is -0.144. The zero-order chi connectivity index (χ0) is 17.1. The highest BCUT2D eigenvalue weighted by Crippen LogP contribution is 2.30. The third-order valence-electron chi connectivity index (χ3n) is 5.00. The maximum Gasteiger partial charge on any atom is 0.228 e. The second kappa shape index (κ2) is 7.38. The van der Waals surface area contributed by atoms with Gasteiger partial charge >= 0.3 is 0 Å². The number of hydrogen-bond acceptors (Lipinski definition) is 4. The zero-order valence-electron chi connectivity index (χ0n) is 14.3. The van der Waals surface area contributed by atoms with E-state index in [4.69, 9.17) is 9.47 Å². The predicted molar refractivity (Wildman–Crippen MR) is 89.9 cm³/mol. The molecule has 1 aromatic carbocycles. The van der Waals surface area contributed by atoms with Gasteiger partial charge in [-0.15, -0.1) is 0 Å². The van der Waals surface area contributed by atoms with E-state index in [-0.39, 0.29) is 23.7 Å². The summed E-state index contributed by atoms with van der Waals surface area (Å²) in [7, 11) is 1.54. The number of carbonyl (C=O) groups is 1. The molecule has 5 nitrogen and oxygen atoms in total. The van der Waals surface area contributed by atoms with Crippen molar-refractivity contribution in [3.63, 3.8) is 0 Å². The molecule has 2 heterocycles. The van der Waals surface area contributed by atoms with Crippen LogP contribution >= 0.6 is 0 Å². The molecule has 0 saturated carbocycles. The molecule has 0 radical (unpaired) electrons. The molecule has 24 heavy (non-hydrogen) atoms. The predicted octanol–water partition coefficient (Wildman–Crippen LogP) is 2.30. The first-order valence-corrected chi connectivity index (χ1v) is 8.59. The number of rotatable bonds is 3. The fourth-order valence-corrected chi connectivity index (χ4v) is 3.56. The maximum atomic E-state index is 13.3. The molecule has 1 aromatic rings. The van der Waals surface area contributed by atoms with Gasteiger partial charge in [0, 0.05) is 38.9 Å². The number of benzene rings is 1. The van der Waals surface area contributed by atoms with E-state index in [1.165, 1.54) is 12.1 Å². The lowest BCUT2D eigenvalue weighted by atomic mass is 9.93. The monoisotopic (exact) mass is 336 g/mol. The lowest BCUT2D eigenvalue weighted by Gasteiger charge is -2.39. The van der Waals surface area contributed by atoms with Crippen molar-refractivity contribution in [1.29, 1.82) is 0 Å². The smallest absolute Gasteiger partial charge is 0.228 e. The van der Waals surface area contributed by atoms with Gasteiger partial charge in [-0.05, 0) is 31.9 Å². The summed E-state index contributed by atoms with van der Waals surface area (Å²) in [5, 5.41) is 0. The van der Waals surface area contributed by atoms with Gasteiger partial charge in [0.15, 0.2) is 0 Å². The molecule has 6 heteroatoms. The van der Waals surface area contributed by atoms with Crippen molar-refractivity contribution in [2.75, 3.05) is 44.8 Å². The normalized spacial score (nSPS) is 24.8. The number of ether oxygens (including phenoxy) is 2. The molecule has 2 aliphatic heterocycles. The summed E-state index contributed by atoms with van der Waals surface area (Å²) in [6, 6.07) is 4.58. The molecule has 2 saturated heterocycles. The number of carbonyl (C=O) groups excluding carboxylic acids is 1. The fraction of sp³-hybridized carbons (Fsp3) is 0.611. The number of amides is 1. The van der Waals surface area contributed by atoms with Crippen LogP contribution in [0.1, 0.15) is 19.8 Å². The molecule has 0 bridgehead atoms. The van der Waals surface area contributed by atoms with E-state index in [0.717, 1.165) is 38.2 Å². The van der Waals surface area contributed by atoms with Crippen LogP contribution in [0.2, 0.25) is 0 Å². The highest BCUT2D eigenvalue weighted by Gasteiger charge is 2.33. The minimum absolute atomic E-state index is 0.00136. The molecule has 0 N–H and O–H groups in total. The molecule has 0 aliphatic carbocycles. The van der Waals surface area contributed by atoms with Crippen LogP contribution in [0.3, 0.4) is 0 Å². The molecule has 2 fully saturated rings. The maximum absolute atomic E-state index is 13.3. The third-order valence-corrected chi connectivity index (χ3v) is 5.00. The second-order valence-corrected chi connectivity index (χ2v) is 6.45. The molecular weight excluding hydrogens is 311 g/mol. The Balaban J connectivity index is 1.62. The number of methoxy groups -OCH3 is 1. The Hall–Kier alpha value is -1.82. The first-order valence-electron chi connectivity index (χ1n) is 8.59. The van der Waals surface area contributed by atoms with Gasteiger partial charge in [0.1, 0.15) is 11.6 Å². The third kappa shape index (κ3) is 3.48. The van der Waals surface area contributed by atoms with E-state index >= 15 is 0 Å². The largest absolute Gasteiger partial charge is 0.494 e. The summed E-state index contributed by atoms with van der Waals surface area (Å²) in [6.45, 7) is 5.51. The van der Waals surface area contributed by atoms with Gasteiger partial charge in [0.05, 0.1) is 24.8 Å². The average molecular weight is 336 g/mol. The molecule has 1 amide bonds. The first kappa shape index (κ1) is 17.0. The summed E-state index contributed by atoms with van der Waals surface area (Å²) < 4.78 is 24.3. The minimum Gasteiger partial charge on any atom is -0.494 e. The molecule has 0 unspecified atom stereocenters. The summed E-state index contributed by atoms with van der Waals surface area (Å²) in [5.41, 5.74) is 0.875. The fourth-order valence-electron chi connectivity index (χ4n) is 3.56. The molecule has 0 aromatic heterocycles. The van der Waals surface area contributed by atoms with Crippen molar-refractivity contribution in [3.8, 4) is 5.75 Å². The van der Waals surface area contributed by atoms with Crippen LogP contribution in [-0.4, -0.2) is 56.8 Å². The van der Waals surface area contributed by atoms with E-state index in [0.29, 0.717) is 18.8 Å². The van der Waals surface area contributed by atoms with E-state index in [1.54, 1.807) is 13.2 Å². The molecule has 132 valence electrons. The number of nitrogens with zero attached hydrogens (tertiary/aromatic N) is 2. The Morgan fingerprint density at radius 2 is 2.04 bits per heavy atom. The number of anilines is 1. The van der Waals surface area contributed by atoms with E-state index in [2.05, 4.69) is 4.90 Å². The van der Waals surface area contributed by atoms with Gasteiger partial charge in [-0.25, -0.2) is 4.39 Å². The minimum atomic E-state index is -0.310. The van der Waals surface area contributed by atoms with Crippen LogP contribution in [0.25, 0.3) is 0 Å². The standard InChI is InChI=1S/C18H25FN2O3/c1-13-15(4-3-11-24-13)18(22)21-9-7-20(8-10-21)16-6-5-14(19)12-17(16)23-2/h5-6,12-13,15H,3-4,7-11H2,1-2H3/t13-,15-/m0/s1. The first-order chi connectivity index (χ1) is 11.6. The van der Waals surface area contributed by atoms with Crippen LogP contribution in [0.4, 0.5) is 10.1 Å². The highest BCUT2D eigenvalue weighted by molar-refractivity contribution is 5.80. The average Bonchev–Trinajstić information content (AvgIpc) is 2.61. The Morgan fingerprint density at radius 1 is 1.29 bits per heavy atom. The molecular formula is C18H25FN2O3. The van der Waals surface area contributed by atoms with Crippen molar-refractivity contribution in [1.82, 2.24) is 4.90 Å². The summed E-state index contributed by atoms with van der Waals surface area (Å²) in [4.78, 5) is 16.8. The second-order valence-electron chi connectivity index (χ2n) is 6.45. The summed E-state index contributed by atoms with van der Waals surface area (Å²) >= 11 is 0. The van der Waals surface area contributed by atoms with Gasteiger partial charge < -0.3 is 19.3 Å². The van der Waals surface area contributed by atoms with Crippen LogP contribution in [0.5, 0.6) is 5.75 Å². The molecule has 2 aliphatic rings. The van der Waals surface area contributed by atoms with E-state index in [1.807, 2.05) is 11.8 Å². The van der Waals surface area contributed by atoms with Crippen LogP contribution in [-0.2, 0) is 9.53 Å². The van der Waals surface area contributed by atoms with E-state index in [9.17, 15) is 9.18 Å². The lowest BCUT2D eigenvalue weighted by Crippen LogP contribution is -2.52. The van der Waals surface area contributed by atoms with Gasteiger partial charge in [0.25, 0.3) is 0 Å². The number of halogens is 1. The topological polar surface area (TPSA) is 42.0 Å². The number of hydrogen-bond donors (Lipinski definition) is 0. The molecule has 0 spiro atoms. The van der Waals surface area contributed by atoms with Crippen molar-refractivity contribution in [2.45, 2.75) is 25.9 Å². The molecule has 2 atom stereocenters. The van der Waals surface area contributed by atoms with Crippen LogP contribution < -0.4 is 9.64 Å². The summed E-state index contributed by atoms with van der Waals surface area (Å²) in [6.07, 6.45) is 1.86. The Kier molecular flexibility index (Phi) is 5.23. The molecule has 3 rings (SSSR count). The van der Waals surface area contributed by atoms with Gasteiger partial charge in [-0.2, -0.15) is 0 Å². The van der Waals surface area contributed by atoms with Crippen LogP contribution in [0, 0.1) is 11.7 Å². The van der Waals surface area contributed by atoms with Crippen molar-refractivity contribution < 1.29 is 18.7 Å². The quantitative estimate of drug-likeness (QED) is 0.849.